The molecule has 1 aromatic carbocycles. The van der Waals surface area contributed by atoms with Gasteiger partial charge in [-0.1, -0.05) is 12.1 Å². The SMILES string of the molecule is CCN(CC)C(=O)C1CCCN(CCN2C(=O)c3ccccc3C2=O)C1. The van der Waals surface area contributed by atoms with Crippen LogP contribution >= 0.6 is 0 Å². The molecule has 0 radical (unpaired) electrons. The van der Waals surface area contributed by atoms with Crippen molar-refractivity contribution in [2.75, 3.05) is 39.3 Å². The first kappa shape index (κ1) is 18.6. The molecule has 6 heteroatoms. The zero-order chi connectivity index (χ0) is 18.7. The van der Waals surface area contributed by atoms with Gasteiger partial charge >= 0.3 is 0 Å². The molecule has 1 atom stereocenters. The van der Waals surface area contributed by atoms with Gasteiger partial charge in [-0.15, -0.1) is 0 Å². The van der Waals surface area contributed by atoms with Crippen LogP contribution in [0.5, 0.6) is 0 Å². The lowest BCUT2D eigenvalue weighted by molar-refractivity contribution is -0.137. The molecule has 2 aliphatic rings. The number of amides is 3. The largest absolute Gasteiger partial charge is 0.343 e. The first-order valence-corrected chi connectivity index (χ1v) is 9.53. The molecule has 3 rings (SSSR count). The number of fused-ring (bicyclic) bond motifs is 1. The third-order valence-corrected chi connectivity index (χ3v) is 5.45. The molecule has 26 heavy (non-hydrogen) atoms. The normalized spacial score (nSPS) is 20.4. The van der Waals surface area contributed by atoms with Crippen LogP contribution in [0.1, 0.15) is 47.4 Å². The van der Waals surface area contributed by atoms with E-state index in [0.29, 0.717) is 30.8 Å². The van der Waals surface area contributed by atoms with Crippen LogP contribution < -0.4 is 0 Å². The molecule has 0 N–H and O–H groups in total. The summed E-state index contributed by atoms with van der Waals surface area (Å²) in [5.74, 6) is -0.178. The summed E-state index contributed by atoms with van der Waals surface area (Å²) < 4.78 is 0. The van der Waals surface area contributed by atoms with E-state index in [2.05, 4.69) is 4.90 Å². The molecule has 0 aliphatic carbocycles. The summed E-state index contributed by atoms with van der Waals surface area (Å²) >= 11 is 0. The summed E-state index contributed by atoms with van der Waals surface area (Å²) in [5, 5.41) is 0. The Morgan fingerprint density at radius 3 is 2.27 bits per heavy atom. The number of carbonyl (C=O) groups is 3. The van der Waals surface area contributed by atoms with Gasteiger partial charge in [-0.25, -0.2) is 0 Å². The molecule has 2 aliphatic heterocycles. The van der Waals surface area contributed by atoms with Crippen molar-refractivity contribution in [2.45, 2.75) is 26.7 Å². The van der Waals surface area contributed by atoms with Gasteiger partial charge in [0.05, 0.1) is 17.0 Å². The van der Waals surface area contributed by atoms with Crippen LogP contribution in [0.15, 0.2) is 24.3 Å². The number of piperidine rings is 1. The Labute approximate surface area is 154 Å². The van der Waals surface area contributed by atoms with Gasteiger partial charge < -0.3 is 9.80 Å². The van der Waals surface area contributed by atoms with Crippen LogP contribution in [-0.4, -0.2) is 71.7 Å². The predicted molar refractivity (Wildman–Crippen MR) is 98.9 cm³/mol. The molecule has 0 saturated carbocycles. The zero-order valence-corrected chi connectivity index (χ0v) is 15.6. The summed E-state index contributed by atoms with van der Waals surface area (Å²) in [6.07, 6.45) is 1.89. The molecule has 2 heterocycles. The highest BCUT2D eigenvalue weighted by Crippen LogP contribution is 2.23. The van der Waals surface area contributed by atoms with E-state index < -0.39 is 0 Å². The van der Waals surface area contributed by atoms with Crippen LogP contribution in [0.3, 0.4) is 0 Å². The fourth-order valence-corrected chi connectivity index (χ4v) is 3.94. The van der Waals surface area contributed by atoms with Crippen molar-refractivity contribution in [3.63, 3.8) is 0 Å². The number of hydrogen-bond acceptors (Lipinski definition) is 4. The Morgan fingerprint density at radius 2 is 1.69 bits per heavy atom. The number of nitrogens with zero attached hydrogens (tertiary/aromatic N) is 3. The molecule has 1 fully saturated rings. The average Bonchev–Trinajstić information content (AvgIpc) is 2.92. The number of likely N-dealkylation sites (tertiary alicyclic amines) is 1. The lowest BCUT2D eigenvalue weighted by Gasteiger charge is -2.35. The van der Waals surface area contributed by atoms with Gasteiger partial charge in [0.1, 0.15) is 0 Å². The lowest BCUT2D eigenvalue weighted by atomic mass is 9.96. The van der Waals surface area contributed by atoms with Crippen LogP contribution in [-0.2, 0) is 4.79 Å². The third kappa shape index (κ3) is 3.51. The van der Waals surface area contributed by atoms with Crippen molar-refractivity contribution in [3.8, 4) is 0 Å². The molecule has 1 saturated heterocycles. The lowest BCUT2D eigenvalue weighted by Crippen LogP contribution is -2.47. The fourth-order valence-electron chi connectivity index (χ4n) is 3.94. The van der Waals surface area contributed by atoms with Crippen molar-refractivity contribution < 1.29 is 14.4 Å². The minimum atomic E-state index is -0.210. The van der Waals surface area contributed by atoms with Crippen molar-refractivity contribution in [2.24, 2.45) is 5.92 Å². The maximum atomic E-state index is 12.6. The molecule has 0 bridgehead atoms. The summed E-state index contributed by atoms with van der Waals surface area (Å²) in [6.45, 7) is 8.09. The van der Waals surface area contributed by atoms with Gasteiger partial charge in [-0.05, 0) is 45.4 Å². The van der Waals surface area contributed by atoms with Crippen LogP contribution in [0, 0.1) is 5.92 Å². The van der Waals surface area contributed by atoms with E-state index in [4.69, 9.17) is 0 Å². The number of benzene rings is 1. The average molecular weight is 357 g/mol. The van der Waals surface area contributed by atoms with E-state index in [1.165, 1.54) is 4.90 Å². The highest BCUT2D eigenvalue weighted by molar-refractivity contribution is 6.21. The highest BCUT2D eigenvalue weighted by Gasteiger charge is 2.35. The third-order valence-electron chi connectivity index (χ3n) is 5.45. The first-order valence-electron chi connectivity index (χ1n) is 9.53. The van der Waals surface area contributed by atoms with Crippen molar-refractivity contribution in [1.29, 1.82) is 0 Å². The second-order valence-electron chi connectivity index (χ2n) is 6.96. The maximum absolute atomic E-state index is 12.6. The monoisotopic (exact) mass is 357 g/mol. The van der Waals surface area contributed by atoms with Gasteiger partial charge in [0.15, 0.2) is 0 Å². The zero-order valence-electron chi connectivity index (χ0n) is 15.6. The Balaban J connectivity index is 1.58. The van der Waals surface area contributed by atoms with Gasteiger partial charge in [0.2, 0.25) is 5.91 Å². The quantitative estimate of drug-likeness (QED) is 0.729. The molecule has 3 amide bonds. The molecule has 1 unspecified atom stereocenters. The number of rotatable bonds is 6. The molecule has 1 aromatic rings. The van der Waals surface area contributed by atoms with Gasteiger partial charge in [-0.3, -0.25) is 19.3 Å². The van der Waals surface area contributed by atoms with E-state index in [9.17, 15) is 14.4 Å². The van der Waals surface area contributed by atoms with Crippen LogP contribution in [0.25, 0.3) is 0 Å². The molecule has 140 valence electrons. The second-order valence-corrected chi connectivity index (χ2v) is 6.96. The summed E-state index contributed by atoms with van der Waals surface area (Å²) in [5.41, 5.74) is 0.983. The van der Waals surface area contributed by atoms with E-state index in [-0.39, 0.29) is 23.6 Å². The first-order chi connectivity index (χ1) is 12.6. The standard InChI is InChI=1S/C20H27N3O3/c1-3-22(4-2)18(24)15-8-7-11-21(14-15)12-13-23-19(25)16-9-5-6-10-17(16)20(23)26/h5-6,9-10,15H,3-4,7-8,11-14H2,1-2H3. The molecule has 6 nitrogen and oxygen atoms in total. The van der Waals surface area contributed by atoms with Crippen molar-refractivity contribution in [1.82, 2.24) is 14.7 Å². The highest BCUT2D eigenvalue weighted by atomic mass is 16.2. The van der Waals surface area contributed by atoms with E-state index in [1.54, 1.807) is 24.3 Å². The fraction of sp³-hybridized carbons (Fsp3) is 0.550. The predicted octanol–water partition coefficient (Wildman–Crippen LogP) is 1.86. The number of hydrogen-bond donors (Lipinski definition) is 0. The van der Waals surface area contributed by atoms with E-state index in [0.717, 1.165) is 32.5 Å². The topological polar surface area (TPSA) is 60.9 Å². The summed E-state index contributed by atoms with van der Waals surface area (Å²) in [4.78, 5) is 42.9. The van der Waals surface area contributed by atoms with Gasteiger partial charge in [0.25, 0.3) is 11.8 Å². The van der Waals surface area contributed by atoms with Crippen molar-refractivity contribution >= 4 is 17.7 Å². The minimum Gasteiger partial charge on any atom is -0.343 e. The van der Waals surface area contributed by atoms with E-state index in [1.807, 2.05) is 18.7 Å². The Morgan fingerprint density at radius 1 is 1.08 bits per heavy atom. The Kier molecular flexibility index (Phi) is 5.71. The molecular formula is C20H27N3O3. The molecular weight excluding hydrogens is 330 g/mol. The smallest absolute Gasteiger partial charge is 0.261 e. The maximum Gasteiger partial charge on any atom is 0.261 e. The number of carbonyl (C=O) groups excluding carboxylic acids is 3. The molecule has 0 aromatic heterocycles. The van der Waals surface area contributed by atoms with Crippen molar-refractivity contribution in [3.05, 3.63) is 35.4 Å². The Hall–Kier alpha value is -2.21. The van der Waals surface area contributed by atoms with Gasteiger partial charge in [-0.2, -0.15) is 0 Å². The molecule has 0 spiro atoms. The minimum absolute atomic E-state index is 0.0193. The second kappa shape index (κ2) is 7.99. The van der Waals surface area contributed by atoms with Crippen LogP contribution in [0.2, 0.25) is 0 Å². The summed E-state index contributed by atoms with van der Waals surface area (Å²) in [7, 11) is 0. The van der Waals surface area contributed by atoms with Gasteiger partial charge in [0, 0.05) is 32.7 Å². The Bertz CT molecular complexity index is 664. The van der Waals surface area contributed by atoms with E-state index >= 15 is 0 Å². The van der Waals surface area contributed by atoms with Crippen LogP contribution in [0.4, 0.5) is 0 Å². The summed E-state index contributed by atoms with van der Waals surface area (Å²) in [6, 6.07) is 6.97. The number of imide groups is 1.